The Bertz CT molecular complexity index is 3400. The lowest BCUT2D eigenvalue weighted by Crippen LogP contribution is -2.55. The van der Waals surface area contributed by atoms with Gasteiger partial charge in [-0.25, -0.2) is 43.2 Å². The van der Waals surface area contributed by atoms with Gasteiger partial charge in [-0.1, -0.05) is 22.9 Å². The first kappa shape index (κ1) is 57.2. The number of pyridine rings is 3. The Kier molecular flexibility index (Phi) is 18.8. The van der Waals surface area contributed by atoms with Crippen molar-refractivity contribution in [1.29, 1.82) is 5.26 Å². The summed E-state index contributed by atoms with van der Waals surface area (Å²) in [5.41, 5.74) is 2.89. The molecule has 81 heavy (non-hydrogen) atoms. The molecule has 422 valence electrons. The number of amides is 2. The van der Waals surface area contributed by atoms with Crippen LogP contribution in [0.25, 0.3) is 22.3 Å². The standard InChI is InChI=1S/C56H58ClF2N13O9/c1-34-29-70(56-62-27-39(28-63-56)52-46(59)24-47-53(66-52)54(51(57)36(3)64-47)65-35(2)44-22-37(25-60)8-10-45(44)58)16-17-72(34)49(73)31-71-30-40(67-68-71)32-78-20-18-77-19-21-79-33-50(74)69-14-12-41(13-15-69)80-42-6-5-7-43(23-42)81-48-11-9-38(26-61-48)55(75)76-4/h5-11,22-24,26-28,30,34-35,41H,12-21,29,31-33H2,1-4H3,(H,64,65)/t34-,35-/m1/s1. The fourth-order valence-corrected chi connectivity index (χ4v) is 9.44. The number of carbonyl (C=O) groups is 3. The maximum Gasteiger partial charge on any atom is 0.339 e. The van der Waals surface area contributed by atoms with Crippen LogP contribution >= 0.6 is 11.6 Å². The minimum Gasteiger partial charge on any atom is -0.490 e. The van der Waals surface area contributed by atoms with Gasteiger partial charge in [-0.2, -0.15) is 5.26 Å². The van der Waals surface area contributed by atoms with Crippen molar-refractivity contribution in [2.24, 2.45) is 0 Å². The number of likely N-dealkylation sites (tertiary alicyclic amines) is 1. The van der Waals surface area contributed by atoms with Crippen LogP contribution in [0.3, 0.4) is 0 Å². The first-order chi connectivity index (χ1) is 39.2. The molecule has 2 aliphatic rings. The number of aryl methyl sites for hydroxylation is 1. The number of halogens is 3. The summed E-state index contributed by atoms with van der Waals surface area (Å²) in [5.74, 6) is -0.00369. The monoisotopic (exact) mass is 1130 g/mol. The average Bonchev–Trinajstić information content (AvgIpc) is 3.96. The van der Waals surface area contributed by atoms with Gasteiger partial charge in [0.05, 0.1) is 91.5 Å². The third-order valence-corrected chi connectivity index (χ3v) is 14.0. The largest absolute Gasteiger partial charge is 0.490 e. The highest BCUT2D eigenvalue weighted by molar-refractivity contribution is 6.35. The molecule has 2 aliphatic heterocycles. The third-order valence-electron chi connectivity index (χ3n) is 13.5. The highest BCUT2D eigenvalue weighted by atomic mass is 35.5. The zero-order valence-corrected chi connectivity index (χ0v) is 45.6. The van der Waals surface area contributed by atoms with Crippen LogP contribution in [0.2, 0.25) is 5.02 Å². The van der Waals surface area contributed by atoms with Crippen LogP contribution in [0.1, 0.15) is 65.6 Å². The van der Waals surface area contributed by atoms with Gasteiger partial charge in [0.2, 0.25) is 23.6 Å². The Labute approximate surface area is 469 Å². The second kappa shape index (κ2) is 26.6. The molecule has 2 amide bonds. The molecule has 0 spiro atoms. The van der Waals surface area contributed by atoms with E-state index in [1.807, 2.05) is 30.0 Å². The number of hydrogen-bond acceptors (Lipinski definition) is 19. The van der Waals surface area contributed by atoms with Crippen molar-refractivity contribution in [2.45, 2.75) is 65.0 Å². The Morgan fingerprint density at radius 3 is 2.38 bits per heavy atom. The molecule has 2 fully saturated rings. The van der Waals surface area contributed by atoms with E-state index in [0.29, 0.717) is 109 Å². The van der Waals surface area contributed by atoms with Crippen molar-refractivity contribution in [2.75, 3.05) is 83.1 Å². The van der Waals surface area contributed by atoms with E-state index in [1.54, 1.807) is 54.1 Å². The zero-order valence-electron chi connectivity index (χ0n) is 44.9. The molecule has 7 heterocycles. The number of nitriles is 1. The van der Waals surface area contributed by atoms with Crippen molar-refractivity contribution in [3.05, 3.63) is 130 Å². The summed E-state index contributed by atoms with van der Waals surface area (Å²) in [6, 6.07) is 16.9. The zero-order chi connectivity index (χ0) is 57.0. The van der Waals surface area contributed by atoms with Crippen LogP contribution in [0.15, 0.2) is 85.5 Å². The first-order valence-electron chi connectivity index (χ1n) is 26.1. The summed E-state index contributed by atoms with van der Waals surface area (Å²) < 4.78 is 65.7. The molecule has 2 saturated heterocycles. The lowest BCUT2D eigenvalue weighted by Gasteiger charge is -2.39. The number of esters is 1. The summed E-state index contributed by atoms with van der Waals surface area (Å²) in [6.07, 6.45) is 7.25. The predicted molar refractivity (Wildman–Crippen MR) is 290 cm³/mol. The number of benzene rings is 2. The van der Waals surface area contributed by atoms with Gasteiger partial charge < -0.3 is 48.4 Å². The smallest absolute Gasteiger partial charge is 0.339 e. The minimum atomic E-state index is -0.656. The molecule has 0 bridgehead atoms. The van der Waals surface area contributed by atoms with E-state index >= 15 is 4.39 Å². The van der Waals surface area contributed by atoms with Crippen LogP contribution in [-0.2, 0) is 41.7 Å². The van der Waals surface area contributed by atoms with E-state index in [9.17, 15) is 24.0 Å². The fraction of sp³-hybridized carbons (Fsp3) is 0.375. The Morgan fingerprint density at radius 2 is 1.64 bits per heavy atom. The summed E-state index contributed by atoms with van der Waals surface area (Å²) in [4.78, 5) is 65.8. The third kappa shape index (κ3) is 14.5. The number of ether oxygens (including phenoxy) is 6. The SMILES string of the molecule is COC(=O)c1ccc(Oc2cccc(OC3CCN(C(=O)COCCOCCOCc4cn(CC(=O)N5CCN(c6ncc(-c7nc8c(N[C@H](C)c9cc(C#N)ccc9F)c(Cl)c(C)nc8cc7F)cn6)C[C@H]5C)nn4)CC3)c2)nc1. The molecule has 5 aromatic heterocycles. The van der Waals surface area contributed by atoms with Crippen molar-refractivity contribution in [1.82, 2.24) is 49.7 Å². The normalized spacial score (nSPS) is 15.1. The molecule has 2 aromatic carbocycles. The highest BCUT2D eigenvalue weighted by Gasteiger charge is 2.30. The average molecular weight is 1130 g/mol. The molecular weight excluding hydrogens is 1070 g/mol. The molecule has 1 N–H and O–H groups in total. The molecule has 7 aromatic rings. The highest BCUT2D eigenvalue weighted by Crippen LogP contribution is 2.37. The second-order valence-electron chi connectivity index (χ2n) is 19.2. The molecule has 25 heteroatoms. The van der Waals surface area contributed by atoms with Crippen molar-refractivity contribution in [3.8, 4) is 34.7 Å². The quantitative estimate of drug-likeness (QED) is 0.0517. The number of nitrogens with zero attached hydrogens (tertiary/aromatic N) is 12. The summed E-state index contributed by atoms with van der Waals surface area (Å²) in [6.45, 7) is 8.88. The Hall–Kier alpha value is -8.50. The maximum absolute atomic E-state index is 15.7. The molecule has 0 radical (unpaired) electrons. The van der Waals surface area contributed by atoms with Gasteiger partial charge in [0, 0.05) is 99.5 Å². The molecular formula is C56H58ClF2N13O9. The van der Waals surface area contributed by atoms with Crippen molar-refractivity contribution < 1.29 is 51.6 Å². The number of methoxy groups -OCH3 is 1. The molecule has 2 atom stereocenters. The van der Waals surface area contributed by atoms with E-state index in [4.69, 9.17) is 40.0 Å². The topological polar surface area (TPSA) is 247 Å². The van der Waals surface area contributed by atoms with E-state index in [0.717, 1.165) is 0 Å². The second-order valence-corrected chi connectivity index (χ2v) is 19.6. The molecule has 0 saturated carbocycles. The lowest BCUT2D eigenvalue weighted by molar-refractivity contribution is -0.138. The molecule has 9 rings (SSSR count). The van der Waals surface area contributed by atoms with Crippen LogP contribution in [0, 0.1) is 29.9 Å². The number of nitrogens with one attached hydrogen (secondary N) is 1. The molecule has 0 unspecified atom stereocenters. The Morgan fingerprint density at radius 1 is 0.877 bits per heavy atom. The summed E-state index contributed by atoms with van der Waals surface area (Å²) >= 11 is 6.72. The van der Waals surface area contributed by atoms with Crippen molar-refractivity contribution in [3.63, 3.8) is 0 Å². The number of piperidine rings is 1. The van der Waals surface area contributed by atoms with Gasteiger partial charge in [0.25, 0.3) is 0 Å². The minimum absolute atomic E-state index is 0.0168. The predicted octanol–water partition coefficient (Wildman–Crippen LogP) is 7.29. The Balaban J connectivity index is 0.648. The summed E-state index contributed by atoms with van der Waals surface area (Å²) in [5, 5.41) is 21.1. The van der Waals surface area contributed by atoms with Gasteiger partial charge in [-0.3, -0.25) is 9.59 Å². The number of rotatable bonds is 22. The number of piperazine rings is 1. The van der Waals surface area contributed by atoms with Crippen molar-refractivity contribution >= 4 is 52.1 Å². The number of fused-ring (bicyclic) bond motifs is 1. The van der Waals surface area contributed by atoms with Gasteiger partial charge in [-0.15, -0.1) is 5.10 Å². The van der Waals surface area contributed by atoms with Crippen LogP contribution in [0.4, 0.5) is 20.4 Å². The van der Waals surface area contributed by atoms with E-state index in [2.05, 4.69) is 40.5 Å². The number of anilines is 2. The van der Waals surface area contributed by atoms with E-state index in [-0.39, 0.29) is 90.9 Å². The number of carbonyl (C=O) groups excluding carboxylic acids is 3. The number of aromatic nitrogens is 8. The first-order valence-corrected chi connectivity index (χ1v) is 26.5. The summed E-state index contributed by atoms with van der Waals surface area (Å²) in [7, 11) is 1.31. The molecule has 22 nitrogen and oxygen atoms in total. The van der Waals surface area contributed by atoms with Gasteiger partial charge in [0.1, 0.15) is 53.5 Å². The van der Waals surface area contributed by atoms with Crippen LogP contribution in [-0.4, -0.2) is 153 Å². The van der Waals surface area contributed by atoms with E-state index < -0.39 is 23.6 Å². The van der Waals surface area contributed by atoms with E-state index in [1.165, 1.54) is 54.6 Å². The maximum atomic E-state index is 15.7. The fourth-order valence-electron chi connectivity index (χ4n) is 9.26. The van der Waals surface area contributed by atoms with Crippen LogP contribution in [0.5, 0.6) is 17.4 Å². The van der Waals surface area contributed by atoms with Gasteiger partial charge >= 0.3 is 5.97 Å². The number of hydrogen-bond donors (Lipinski definition) is 1. The molecule has 0 aliphatic carbocycles. The van der Waals surface area contributed by atoms with Gasteiger partial charge in [-0.05, 0) is 57.2 Å². The van der Waals surface area contributed by atoms with Gasteiger partial charge in [0.15, 0.2) is 5.82 Å². The lowest BCUT2D eigenvalue weighted by atomic mass is 10.0. The van der Waals surface area contributed by atoms with Crippen LogP contribution < -0.4 is 19.7 Å².